The summed E-state index contributed by atoms with van der Waals surface area (Å²) >= 11 is 0. The number of nitrogens with one attached hydrogen (secondary N) is 1. The largest absolute Gasteiger partial charge is 0.394 e. The van der Waals surface area contributed by atoms with Gasteiger partial charge in [-0.25, -0.2) is 4.98 Å². The van der Waals surface area contributed by atoms with Crippen molar-refractivity contribution in [3.63, 3.8) is 0 Å². The second-order valence-corrected chi connectivity index (χ2v) is 3.67. The van der Waals surface area contributed by atoms with Gasteiger partial charge in [-0.15, -0.1) is 0 Å². The fraction of sp³-hybridized carbons (Fsp3) is 0.600. The number of aromatic nitrogens is 2. The van der Waals surface area contributed by atoms with Crippen LogP contribution in [0.1, 0.15) is 19.5 Å². The average Bonchev–Trinajstić information content (AvgIpc) is 2.16. The molecule has 0 aliphatic rings. The van der Waals surface area contributed by atoms with E-state index in [0.29, 0.717) is 5.92 Å². The van der Waals surface area contributed by atoms with Gasteiger partial charge in [0, 0.05) is 12.4 Å². The third kappa shape index (κ3) is 2.67. The van der Waals surface area contributed by atoms with Crippen molar-refractivity contribution in [1.29, 1.82) is 0 Å². The van der Waals surface area contributed by atoms with Crippen molar-refractivity contribution >= 4 is 5.82 Å². The summed E-state index contributed by atoms with van der Waals surface area (Å²) in [4.78, 5) is 8.28. The van der Waals surface area contributed by atoms with Crippen LogP contribution < -0.4 is 5.32 Å². The van der Waals surface area contributed by atoms with Crippen LogP contribution in [-0.4, -0.2) is 27.7 Å². The summed E-state index contributed by atoms with van der Waals surface area (Å²) < 4.78 is 0. The van der Waals surface area contributed by atoms with E-state index in [9.17, 15) is 0 Å². The molecule has 1 rings (SSSR count). The molecule has 0 saturated heterocycles. The average molecular weight is 195 g/mol. The predicted octanol–water partition coefficient (Wildman–Crippen LogP) is 1.21. The van der Waals surface area contributed by atoms with E-state index in [-0.39, 0.29) is 12.6 Å². The number of rotatable bonds is 4. The summed E-state index contributed by atoms with van der Waals surface area (Å²) in [5.74, 6) is 1.11. The minimum atomic E-state index is 0.0328. The fourth-order valence-electron chi connectivity index (χ4n) is 1.15. The third-order valence-corrected chi connectivity index (χ3v) is 2.20. The Morgan fingerprint density at radius 1 is 1.36 bits per heavy atom. The lowest BCUT2D eigenvalue weighted by molar-refractivity contribution is 0.249. The quantitative estimate of drug-likeness (QED) is 0.758. The van der Waals surface area contributed by atoms with Crippen molar-refractivity contribution in [3.8, 4) is 0 Å². The summed E-state index contributed by atoms with van der Waals surface area (Å²) in [6, 6.07) is 0.0328. The monoisotopic (exact) mass is 195 g/mol. The number of nitrogens with zero attached hydrogens (tertiary/aromatic N) is 2. The van der Waals surface area contributed by atoms with Gasteiger partial charge >= 0.3 is 0 Å². The lowest BCUT2D eigenvalue weighted by Gasteiger charge is -2.20. The van der Waals surface area contributed by atoms with Gasteiger partial charge in [-0.05, 0) is 12.8 Å². The molecule has 4 heteroatoms. The molecule has 0 bridgehead atoms. The maximum Gasteiger partial charge on any atom is 0.147 e. The first-order valence-electron chi connectivity index (χ1n) is 4.80. The van der Waals surface area contributed by atoms with Gasteiger partial charge < -0.3 is 10.4 Å². The van der Waals surface area contributed by atoms with Gasteiger partial charge in [0.15, 0.2) is 0 Å². The summed E-state index contributed by atoms with van der Waals surface area (Å²) in [5.41, 5.74) is 0.853. The molecule has 1 heterocycles. The molecule has 14 heavy (non-hydrogen) atoms. The van der Waals surface area contributed by atoms with Gasteiger partial charge in [0.2, 0.25) is 0 Å². The van der Waals surface area contributed by atoms with Crippen molar-refractivity contribution in [3.05, 3.63) is 18.1 Å². The Balaban J connectivity index is 2.72. The number of aliphatic hydroxyl groups is 1. The number of hydrogen-bond donors (Lipinski definition) is 2. The van der Waals surface area contributed by atoms with Gasteiger partial charge in [0.25, 0.3) is 0 Å². The maximum atomic E-state index is 9.14. The molecule has 4 nitrogen and oxygen atoms in total. The van der Waals surface area contributed by atoms with Crippen molar-refractivity contribution in [2.75, 3.05) is 11.9 Å². The molecule has 0 amide bonds. The zero-order valence-electron chi connectivity index (χ0n) is 8.86. The SMILES string of the molecule is Cc1nccnc1NC(CO)C(C)C. The fourth-order valence-corrected chi connectivity index (χ4v) is 1.15. The van der Waals surface area contributed by atoms with Crippen molar-refractivity contribution in [2.24, 2.45) is 5.92 Å². The summed E-state index contributed by atoms with van der Waals surface area (Å²) in [7, 11) is 0. The van der Waals surface area contributed by atoms with Crippen LogP contribution in [0.25, 0.3) is 0 Å². The summed E-state index contributed by atoms with van der Waals surface area (Å²) in [6.45, 7) is 6.11. The molecule has 0 saturated carbocycles. The molecule has 0 aliphatic heterocycles. The number of hydrogen-bond acceptors (Lipinski definition) is 4. The molecule has 0 fully saturated rings. The third-order valence-electron chi connectivity index (χ3n) is 2.20. The van der Waals surface area contributed by atoms with Gasteiger partial charge in [-0.2, -0.15) is 0 Å². The van der Waals surface area contributed by atoms with E-state index in [1.54, 1.807) is 12.4 Å². The highest BCUT2D eigenvalue weighted by Gasteiger charge is 2.13. The molecule has 0 aromatic carbocycles. The van der Waals surface area contributed by atoms with Gasteiger partial charge in [0.1, 0.15) is 5.82 Å². The van der Waals surface area contributed by atoms with E-state index in [1.807, 2.05) is 6.92 Å². The highest BCUT2D eigenvalue weighted by Crippen LogP contribution is 2.11. The lowest BCUT2D eigenvalue weighted by Crippen LogP contribution is -2.30. The molecular formula is C10H17N3O. The van der Waals surface area contributed by atoms with E-state index in [0.717, 1.165) is 11.5 Å². The number of aryl methyl sites for hydroxylation is 1. The molecule has 0 radical (unpaired) electrons. The molecule has 2 N–H and O–H groups in total. The number of anilines is 1. The smallest absolute Gasteiger partial charge is 0.147 e. The Hall–Kier alpha value is -1.16. The number of aliphatic hydroxyl groups excluding tert-OH is 1. The molecular weight excluding hydrogens is 178 g/mol. The Bertz CT molecular complexity index is 288. The normalized spacial score (nSPS) is 12.9. The highest BCUT2D eigenvalue weighted by atomic mass is 16.3. The van der Waals surface area contributed by atoms with Gasteiger partial charge in [0.05, 0.1) is 18.3 Å². The van der Waals surface area contributed by atoms with Crippen LogP contribution in [0, 0.1) is 12.8 Å². The van der Waals surface area contributed by atoms with Crippen LogP contribution in [0.15, 0.2) is 12.4 Å². The topological polar surface area (TPSA) is 58.0 Å². The van der Waals surface area contributed by atoms with Gasteiger partial charge in [-0.3, -0.25) is 4.98 Å². The molecule has 1 aromatic heterocycles. The minimum absolute atomic E-state index is 0.0328. The lowest BCUT2D eigenvalue weighted by atomic mass is 10.1. The first-order valence-corrected chi connectivity index (χ1v) is 4.80. The van der Waals surface area contributed by atoms with E-state index < -0.39 is 0 Å². The predicted molar refractivity (Wildman–Crippen MR) is 56.1 cm³/mol. The standard InChI is InChI=1S/C10H17N3O/c1-7(2)9(6-14)13-10-8(3)11-4-5-12-10/h4-5,7,9,14H,6H2,1-3H3,(H,12,13). The Morgan fingerprint density at radius 3 is 2.50 bits per heavy atom. The van der Waals surface area contributed by atoms with E-state index >= 15 is 0 Å². The van der Waals surface area contributed by atoms with Gasteiger partial charge in [-0.1, -0.05) is 13.8 Å². The zero-order valence-corrected chi connectivity index (χ0v) is 8.86. The van der Waals surface area contributed by atoms with Crippen molar-refractivity contribution < 1.29 is 5.11 Å². The van der Waals surface area contributed by atoms with E-state index in [2.05, 4.69) is 29.1 Å². The molecule has 0 spiro atoms. The molecule has 0 aliphatic carbocycles. The minimum Gasteiger partial charge on any atom is -0.394 e. The highest BCUT2D eigenvalue weighted by molar-refractivity contribution is 5.39. The molecule has 1 atom stereocenters. The van der Waals surface area contributed by atoms with Crippen LogP contribution in [0.2, 0.25) is 0 Å². The van der Waals surface area contributed by atoms with Crippen LogP contribution >= 0.6 is 0 Å². The van der Waals surface area contributed by atoms with Crippen molar-refractivity contribution in [2.45, 2.75) is 26.8 Å². The van der Waals surface area contributed by atoms with Crippen LogP contribution in [-0.2, 0) is 0 Å². The molecule has 1 aromatic rings. The van der Waals surface area contributed by atoms with Crippen molar-refractivity contribution in [1.82, 2.24) is 9.97 Å². The first kappa shape index (κ1) is 10.9. The second kappa shape index (κ2) is 4.91. The second-order valence-electron chi connectivity index (χ2n) is 3.67. The Labute approximate surface area is 84.4 Å². The maximum absolute atomic E-state index is 9.14. The molecule has 1 unspecified atom stereocenters. The van der Waals surface area contributed by atoms with Crippen LogP contribution in [0.5, 0.6) is 0 Å². The summed E-state index contributed by atoms with van der Waals surface area (Å²) in [5, 5.41) is 12.3. The molecule has 78 valence electrons. The first-order chi connectivity index (χ1) is 6.65. The zero-order chi connectivity index (χ0) is 10.6. The summed E-state index contributed by atoms with van der Waals surface area (Å²) in [6.07, 6.45) is 3.30. The van der Waals surface area contributed by atoms with Crippen LogP contribution in [0.3, 0.4) is 0 Å². The van der Waals surface area contributed by atoms with E-state index in [1.165, 1.54) is 0 Å². The van der Waals surface area contributed by atoms with Crippen LogP contribution in [0.4, 0.5) is 5.82 Å². The Morgan fingerprint density at radius 2 is 2.00 bits per heavy atom. The van der Waals surface area contributed by atoms with E-state index in [4.69, 9.17) is 5.11 Å². The Kier molecular flexibility index (Phi) is 3.83.